The molecule has 0 unspecified atom stereocenters. The van der Waals surface area contributed by atoms with Crippen LogP contribution >= 0.6 is 0 Å². The summed E-state index contributed by atoms with van der Waals surface area (Å²) in [4.78, 5) is 16.8. The molecule has 2 aromatic rings. The molecule has 0 spiro atoms. The zero-order chi connectivity index (χ0) is 20.1. The van der Waals surface area contributed by atoms with Crippen molar-refractivity contribution in [3.63, 3.8) is 0 Å². The molecule has 1 aromatic heterocycles. The van der Waals surface area contributed by atoms with Crippen molar-refractivity contribution in [1.29, 1.82) is 0 Å². The predicted molar refractivity (Wildman–Crippen MR) is 108 cm³/mol. The van der Waals surface area contributed by atoms with Crippen LogP contribution in [-0.4, -0.2) is 67.3 Å². The van der Waals surface area contributed by atoms with E-state index in [0.29, 0.717) is 31.2 Å². The monoisotopic (exact) mass is 399 g/mol. The minimum Gasteiger partial charge on any atom is -0.486 e. The minimum atomic E-state index is -0.0832. The Kier molecular flexibility index (Phi) is 6.46. The zero-order valence-corrected chi connectivity index (χ0v) is 17.1. The second-order valence-corrected chi connectivity index (χ2v) is 7.73. The maximum atomic E-state index is 12.7. The van der Waals surface area contributed by atoms with Gasteiger partial charge in [0.1, 0.15) is 12.4 Å². The number of rotatable bonds is 7. The summed E-state index contributed by atoms with van der Waals surface area (Å²) < 4.78 is 16.3. The topological polar surface area (TPSA) is 68.0 Å². The average molecular weight is 399 g/mol. The lowest BCUT2D eigenvalue weighted by molar-refractivity contribution is 0.0585. The molecule has 29 heavy (non-hydrogen) atoms. The Morgan fingerprint density at radius 1 is 1.10 bits per heavy atom. The second-order valence-electron chi connectivity index (χ2n) is 7.73. The molecule has 2 aliphatic rings. The lowest BCUT2D eigenvalue weighted by atomic mass is 9.92. The van der Waals surface area contributed by atoms with E-state index >= 15 is 0 Å². The largest absolute Gasteiger partial charge is 0.486 e. The molecular weight excluding hydrogens is 370 g/mol. The van der Waals surface area contributed by atoms with Crippen LogP contribution in [0.5, 0.6) is 5.75 Å². The number of benzene rings is 1. The van der Waals surface area contributed by atoms with Crippen molar-refractivity contribution in [3.05, 3.63) is 46.8 Å². The zero-order valence-electron chi connectivity index (χ0n) is 17.1. The van der Waals surface area contributed by atoms with E-state index in [2.05, 4.69) is 22.2 Å². The van der Waals surface area contributed by atoms with Crippen molar-refractivity contribution in [3.8, 4) is 5.75 Å². The van der Waals surface area contributed by atoms with Gasteiger partial charge in [0.2, 0.25) is 0 Å². The highest BCUT2D eigenvalue weighted by molar-refractivity contribution is 5.92. The van der Waals surface area contributed by atoms with E-state index < -0.39 is 0 Å². The number of carbonyl (C=O) groups is 1. The Balaban J connectivity index is 1.29. The Labute approximate surface area is 171 Å². The van der Waals surface area contributed by atoms with Crippen molar-refractivity contribution >= 4 is 5.91 Å². The molecule has 1 aromatic carbocycles. The Morgan fingerprint density at radius 2 is 1.90 bits per heavy atom. The first kappa shape index (κ1) is 19.9. The predicted octanol–water partition coefficient (Wildman–Crippen LogP) is 2.54. The van der Waals surface area contributed by atoms with Crippen LogP contribution in [0.25, 0.3) is 0 Å². The number of hydrogen-bond donors (Lipinski definition) is 0. The van der Waals surface area contributed by atoms with E-state index in [4.69, 9.17) is 14.0 Å². The van der Waals surface area contributed by atoms with Crippen molar-refractivity contribution in [2.24, 2.45) is 0 Å². The van der Waals surface area contributed by atoms with Gasteiger partial charge in [-0.1, -0.05) is 11.2 Å². The minimum absolute atomic E-state index is 0.0832. The first-order valence-corrected chi connectivity index (χ1v) is 10.4. The fourth-order valence-electron chi connectivity index (χ4n) is 3.99. The Bertz CT molecular complexity index is 827. The van der Waals surface area contributed by atoms with Crippen LogP contribution in [0, 0.1) is 0 Å². The van der Waals surface area contributed by atoms with Crippen LogP contribution in [-0.2, 0) is 24.2 Å². The number of ether oxygens (including phenoxy) is 2. The summed E-state index contributed by atoms with van der Waals surface area (Å²) in [6, 6.07) is 7.99. The van der Waals surface area contributed by atoms with Gasteiger partial charge in [0.25, 0.3) is 5.91 Å². The molecule has 0 saturated carbocycles. The highest BCUT2D eigenvalue weighted by Crippen LogP contribution is 2.26. The summed E-state index contributed by atoms with van der Waals surface area (Å²) in [5.41, 5.74) is 3.16. The Hall–Kier alpha value is -2.38. The molecular formula is C22H29N3O4. The van der Waals surface area contributed by atoms with Gasteiger partial charge in [-0.25, -0.2) is 0 Å². The molecule has 0 bridgehead atoms. The maximum Gasteiger partial charge on any atom is 0.276 e. The third-order valence-corrected chi connectivity index (χ3v) is 5.75. The van der Waals surface area contributed by atoms with Crippen LogP contribution < -0.4 is 4.74 Å². The number of piperazine rings is 1. The quantitative estimate of drug-likeness (QED) is 0.713. The second kappa shape index (κ2) is 9.41. The van der Waals surface area contributed by atoms with Gasteiger partial charge >= 0.3 is 0 Å². The molecule has 1 amide bonds. The third-order valence-electron chi connectivity index (χ3n) is 5.75. The number of aromatic nitrogens is 1. The van der Waals surface area contributed by atoms with Crippen LogP contribution in [0.15, 0.2) is 28.8 Å². The summed E-state index contributed by atoms with van der Waals surface area (Å²) in [5.74, 6) is 1.31. The SMILES string of the molecule is COCCN1CCN(C(=O)c2cc(COc3ccc4c(c3)CCCC4)on2)CC1. The van der Waals surface area contributed by atoms with Gasteiger partial charge in [-0.05, 0) is 48.9 Å². The fraction of sp³-hybridized carbons (Fsp3) is 0.545. The van der Waals surface area contributed by atoms with Crippen LogP contribution in [0.1, 0.15) is 40.2 Å². The summed E-state index contributed by atoms with van der Waals surface area (Å²) in [7, 11) is 1.71. The molecule has 1 aliphatic heterocycles. The van der Waals surface area contributed by atoms with E-state index in [0.717, 1.165) is 38.2 Å². The van der Waals surface area contributed by atoms with Gasteiger partial charge in [-0.2, -0.15) is 0 Å². The molecule has 7 heteroatoms. The standard InChI is InChI=1S/C22H29N3O4/c1-27-13-12-24-8-10-25(11-9-24)22(26)21-15-20(29-23-21)16-28-19-7-6-17-4-2-3-5-18(17)14-19/h6-7,14-15H,2-5,8-13,16H2,1H3. The van der Waals surface area contributed by atoms with E-state index in [1.807, 2.05) is 11.0 Å². The average Bonchev–Trinajstić information content (AvgIpc) is 3.25. The number of methoxy groups -OCH3 is 1. The lowest BCUT2D eigenvalue weighted by Crippen LogP contribution is -2.49. The van der Waals surface area contributed by atoms with Crippen LogP contribution in [0.4, 0.5) is 0 Å². The van der Waals surface area contributed by atoms with Crippen molar-refractivity contribution in [1.82, 2.24) is 15.0 Å². The number of aryl methyl sites for hydroxylation is 2. The van der Waals surface area contributed by atoms with Crippen LogP contribution in [0.3, 0.4) is 0 Å². The molecule has 0 atom stereocenters. The summed E-state index contributed by atoms with van der Waals surface area (Å²) in [6.07, 6.45) is 4.78. The van der Waals surface area contributed by atoms with Gasteiger partial charge in [-0.3, -0.25) is 9.69 Å². The molecule has 1 fully saturated rings. The maximum absolute atomic E-state index is 12.7. The van der Waals surface area contributed by atoms with Gasteiger partial charge in [0, 0.05) is 45.9 Å². The van der Waals surface area contributed by atoms with Gasteiger partial charge in [0.05, 0.1) is 6.61 Å². The number of amides is 1. The van der Waals surface area contributed by atoms with E-state index in [1.54, 1.807) is 13.2 Å². The van der Waals surface area contributed by atoms with E-state index in [-0.39, 0.29) is 12.5 Å². The molecule has 156 valence electrons. The number of nitrogens with zero attached hydrogens (tertiary/aromatic N) is 3. The summed E-state index contributed by atoms with van der Waals surface area (Å²) in [6.45, 7) is 4.95. The van der Waals surface area contributed by atoms with E-state index in [1.165, 1.54) is 24.0 Å². The Morgan fingerprint density at radius 3 is 2.69 bits per heavy atom. The normalized spacial score (nSPS) is 17.2. The van der Waals surface area contributed by atoms with Crippen molar-refractivity contribution < 1.29 is 18.8 Å². The number of carbonyl (C=O) groups excluding carboxylic acids is 1. The molecule has 0 N–H and O–H groups in total. The number of hydrogen-bond acceptors (Lipinski definition) is 6. The summed E-state index contributed by atoms with van der Waals surface area (Å²) in [5, 5.41) is 3.96. The van der Waals surface area contributed by atoms with Gasteiger partial charge in [-0.15, -0.1) is 0 Å². The van der Waals surface area contributed by atoms with Gasteiger partial charge < -0.3 is 18.9 Å². The first-order valence-electron chi connectivity index (χ1n) is 10.4. The molecule has 7 nitrogen and oxygen atoms in total. The highest BCUT2D eigenvalue weighted by atomic mass is 16.5. The third kappa shape index (κ3) is 4.97. The van der Waals surface area contributed by atoms with Crippen molar-refractivity contribution in [2.75, 3.05) is 46.4 Å². The molecule has 0 radical (unpaired) electrons. The molecule has 4 rings (SSSR count). The molecule has 2 heterocycles. The van der Waals surface area contributed by atoms with E-state index in [9.17, 15) is 4.79 Å². The lowest BCUT2D eigenvalue weighted by Gasteiger charge is -2.34. The molecule has 1 aliphatic carbocycles. The first-order chi connectivity index (χ1) is 14.2. The summed E-state index contributed by atoms with van der Waals surface area (Å²) >= 11 is 0. The molecule has 1 saturated heterocycles. The van der Waals surface area contributed by atoms with Crippen LogP contribution in [0.2, 0.25) is 0 Å². The smallest absolute Gasteiger partial charge is 0.276 e. The fourth-order valence-corrected chi connectivity index (χ4v) is 3.99. The van der Waals surface area contributed by atoms with Crippen molar-refractivity contribution in [2.45, 2.75) is 32.3 Å². The number of fused-ring (bicyclic) bond motifs is 1. The van der Waals surface area contributed by atoms with Gasteiger partial charge in [0.15, 0.2) is 11.5 Å². The highest BCUT2D eigenvalue weighted by Gasteiger charge is 2.24.